The van der Waals surface area contributed by atoms with Gasteiger partial charge in [-0.1, -0.05) is 0 Å². The van der Waals surface area contributed by atoms with E-state index in [1.54, 1.807) is 13.0 Å². The Bertz CT molecular complexity index is 637. The highest BCUT2D eigenvalue weighted by molar-refractivity contribution is 5.79. The highest BCUT2D eigenvalue weighted by Crippen LogP contribution is 2.30. The summed E-state index contributed by atoms with van der Waals surface area (Å²) in [7, 11) is 1.47. The van der Waals surface area contributed by atoms with Crippen LogP contribution in [0.3, 0.4) is 0 Å². The molecule has 6 nitrogen and oxygen atoms in total. The highest BCUT2D eigenvalue weighted by Gasteiger charge is 2.42. The number of carbonyl (C=O) groups excluding carboxylic acids is 1. The Kier molecular flexibility index (Phi) is 5.31. The SMILES string of the molecule is COc1cc(F)cc(CC(C)NC(=O)N2CCC(C)(C(=O)O)C2)c1. The van der Waals surface area contributed by atoms with Gasteiger partial charge in [-0.2, -0.15) is 0 Å². The Morgan fingerprint density at radius 1 is 1.46 bits per heavy atom. The van der Waals surface area contributed by atoms with Gasteiger partial charge in [-0.3, -0.25) is 4.79 Å². The van der Waals surface area contributed by atoms with Crippen LogP contribution in [-0.4, -0.2) is 48.2 Å². The lowest BCUT2D eigenvalue weighted by molar-refractivity contribution is -0.147. The van der Waals surface area contributed by atoms with Gasteiger partial charge >= 0.3 is 12.0 Å². The van der Waals surface area contributed by atoms with Crippen molar-refractivity contribution in [2.75, 3.05) is 20.2 Å². The third kappa shape index (κ3) is 4.15. The molecule has 0 spiro atoms. The van der Waals surface area contributed by atoms with Gasteiger partial charge < -0.3 is 20.1 Å². The maximum absolute atomic E-state index is 13.5. The fraction of sp³-hybridized carbons (Fsp3) is 0.529. The van der Waals surface area contributed by atoms with Crippen molar-refractivity contribution in [2.24, 2.45) is 5.41 Å². The predicted octanol–water partition coefficient (Wildman–Crippen LogP) is 2.27. The van der Waals surface area contributed by atoms with E-state index in [1.165, 1.54) is 24.1 Å². The number of urea groups is 1. The lowest BCUT2D eigenvalue weighted by atomic mass is 9.90. The van der Waals surface area contributed by atoms with Crippen LogP contribution in [0.5, 0.6) is 5.75 Å². The Morgan fingerprint density at radius 3 is 2.75 bits per heavy atom. The van der Waals surface area contributed by atoms with E-state index in [0.717, 1.165) is 5.56 Å². The average Bonchev–Trinajstić information content (AvgIpc) is 2.90. The number of rotatable bonds is 5. The Hall–Kier alpha value is -2.31. The summed E-state index contributed by atoms with van der Waals surface area (Å²) in [5, 5.41) is 12.1. The quantitative estimate of drug-likeness (QED) is 0.863. The second kappa shape index (κ2) is 7.07. The average molecular weight is 338 g/mol. The number of halogens is 1. The van der Waals surface area contributed by atoms with Crippen molar-refractivity contribution < 1.29 is 23.8 Å². The van der Waals surface area contributed by atoms with Crippen molar-refractivity contribution in [1.29, 1.82) is 0 Å². The third-order valence-corrected chi connectivity index (χ3v) is 4.36. The van der Waals surface area contributed by atoms with E-state index in [0.29, 0.717) is 25.1 Å². The molecule has 2 unspecified atom stereocenters. The molecule has 132 valence electrons. The lowest BCUT2D eigenvalue weighted by Gasteiger charge is -2.23. The van der Waals surface area contributed by atoms with E-state index in [1.807, 2.05) is 6.92 Å². The summed E-state index contributed by atoms with van der Waals surface area (Å²) in [6, 6.07) is 3.91. The molecule has 0 saturated carbocycles. The van der Waals surface area contributed by atoms with Crippen LogP contribution in [0.2, 0.25) is 0 Å². The van der Waals surface area contributed by atoms with Gasteiger partial charge in [-0.15, -0.1) is 0 Å². The van der Waals surface area contributed by atoms with E-state index >= 15 is 0 Å². The summed E-state index contributed by atoms with van der Waals surface area (Å²) >= 11 is 0. The van der Waals surface area contributed by atoms with Crippen molar-refractivity contribution in [3.8, 4) is 5.75 Å². The molecule has 1 aliphatic rings. The first-order valence-electron chi connectivity index (χ1n) is 7.86. The number of ether oxygens (including phenoxy) is 1. The second-order valence-corrected chi connectivity index (χ2v) is 6.59. The highest BCUT2D eigenvalue weighted by atomic mass is 19.1. The van der Waals surface area contributed by atoms with Crippen molar-refractivity contribution in [1.82, 2.24) is 10.2 Å². The number of carbonyl (C=O) groups is 2. The summed E-state index contributed by atoms with van der Waals surface area (Å²) in [4.78, 5) is 25.0. The zero-order valence-corrected chi connectivity index (χ0v) is 14.1. The zero-order chi connectivity index (χ0) is 17.9. The van der Waals surface area contributed by atoms with Crippen LogP contribution >= 0.6 is 0 Å². The van der Waals surface area contributed by atoms with Gasteiger partial charge in [-0.25, -0.2) is 9.18 Å². The molecule has 0 aromatic heterocycles. The molecule has 2 atom stereocenters. The fourth-order valence-electron chi connectivity index (χ4n) is 2.87. The van der Waals surface area contributed by atoms with Gasteiger partial charge in [-0.05, 0) is 44.4 Å². The molecule has 2 rings (SSSR count). The van der Waals surface area contributed by atoms with Crippen molar-refractivity contribution >= 4 is 12.0 Å². The number of carboxylic acid groups (broad SMARTS) is 1. The van der Waals surface area contributed by atoms with Gasteiger partial charge in [0, 0.05) is 25.2 Å². The Balaban J connectivity index is 1.93. The van der Waals surface area contributed by atoms with E-state index in [-0.39, 0.29) is 24.4 Å². The van der Waals surface area contributed by atoms with Crippen LogP contribution in [-0.2, 0) is 11.2 Å². The lowest BCUT2D eigenvalue weighted by Crippen LogP contribution is -2.44. The molecule has 1 saturated heterocycles. The maximum Gasteiger partial charge on any atom is 0.317 e. The topological polar surface area (TPSA) is 78.9 Å². The minimum Gasteiger partial charge on any atom is -0.497 e. The van der Waals surface area contributed by atoms with Gasteiger partial charge in [0.25, 0.3) is 0 Å². The molecule has 2 N–H and O–H groups in total. The molecule has 1 aromatic carbocycles. The monoisotopic (exact) mass is 338 g/mol. The molecular formula is C17H23FN2O4. The summed E-state index contributed by atoms with van der Waals surface area (Å²) in [6.07, 6.45) is 0.884. The molecule has 2 amide bonds. The first-order valence-corrected chi connectivity index (χ1v) is 7.86. The number of nitrogens with zero attached hydrogens (tertiary/aromatic N) is 1. The molecule has 1 heterocycles. The summed E-state index contributed by atoms with van der Waals surface area (Å²) in [6.45, 7) is 4.07. The molecule has 1 fully saturated rings. The Morgan fingerprint density at radius 2 is 2.17 bits per heavy atom. The smallest absolute Gasteiger partial charge is 0.317 e. The van der Waals surface area contributed by atoms with Crippen LogP contribution in [0.4, 0.5) is 9.18 Å². The number of methoxy groups -OCH3 is 1. The molecule has 0 radical (unpaired) electrons. The number of nitrogens with one attached hydrogen (secondary N) is 1. The van der Waals surface area contributed by atoms with E-state index in [9.17, 15) is 19.1 Å². The summed E-state index contributed by atoms with van der Waals surface area (Å²) in [5.41, 5.74) is -0.173. The van der Waals surface area contributed by atoms with Crippen LogP contribution in [0.25, 0.3) is 0 Å². The molecule has 24 heavy (non-hydrogen) atoms. The fourth-order valence-corrected chi connectivity index (χ4v) is 2.87. The number of carboxylic acids is 1. The van der Waals surface area contributed by atoms with E-state index in [2.05, 4.69) is 5.32 Å². The number of likely N-dealkylation sites (tertiary alicyclic amines) is 1. The predicted molar refractivity (Wildman–Crippen MR) is 86.6 cm³/mol. The normalized spacial score (nSPS) is 21.4. The molecular weight excluding hydrogens is 315 g/mol. The number of hydrogen-bond acceptors (Lipinski definition) is 3. The molecule has 7 heteroatoms. The molecule has 0 aliphatic carbocycles. The van der Waals surface area contributed by atoms with E-state index < -0.39 is 11.4 Å². The van der Waals surface area contributed by atoms with Gasteiger partial charge in [0.2, 0.25) is 0 Å². The molecule has 0 bridgehead atoms. The molecule has 1 aromatic rings. The van der Waals surface area contributed by atoms with Crippen LogP contribution < -0.4 is 10.1 Å². The standard InChI is InChI=1S/C17H23FN2O4/c1-11(6-12-7-13(18)9-14(8-12)24-3)19-16(23)20-5-4-17(2,10-20)15(21)22/h7-9,11H,4-6,10H2,1-3H3,(H,19,23)(H,21,22). The molecule has 1 aliphatic heterocycles. The first-order chi connectivity index (χ1) is 11.2. The van der Waals surface area contributed by atoms with Gasteiger partial charge in [0.15, 0.2) is 0 Å². The van der Waals surface area contributed by atoms with Gasteiger partial charge in [0.05, 0.1) is 12.5 Å². The van der Waals surface area contributed by atoms with Crippen molar-refractivity contribution in [2.45, 2.75) is 32.7 Å². The van der Waals surface area contributed by atoms with Crippen molar-refractivity contribution in [3.05, 3.63) is 29.6 Å². The van der Waals surface area contributed by atoms with Crippen LogP contribution in [0.1, 0.15) is 25.8 Å². The maximum atomic E-state index is 13.5. The summed E-state index contributed by atoms with van der Waals surface area (Å²) < 4.78 is 18.5. The number of aliphatic carboxylic acids is 1. The zero-order valence-electron chi connectivity index (χ0n) is 14.1. The van der Waals surface area contributed by atoms with Gasteiger partial charge in [0.1, 0.15) is 11.6 Å². The first kappa shape index (κ1) is 18.0. The minimum absolute atomic E-state index is 0.189. The van der Waals surface area contributed by atoms with Crippen LogP contribution in [0.15, 0.2) is 18.2 Å². The van der Waals surface area contributed by atoms with Crippen molar-refractivity contribution in [3.63, 3.8) is 0 Å². The number of hydrogen-bond donors (Lipinski definition) is 2. The summed E-state index contributed by atoms with van der Waals surface area (Å²) in [5.74, 6) is -0.849. The number of amides is 2. The Labute approximate surface area is 140 Å². The second-order valence-electron chi connectivity index (χ2n) is 6.59. The number of benzene rings is 1. The minimum atomic E-state index is -0.892. The third-order valence-electron chi connectivity index (χ3n) is 4.36. The van der Waals surface area contributed by atoms with E-state index in [4.69, 9.17) is 4.74 Å². The van der Waals surface area contributed by atoms with Crippen LogP contribution in [0, 0.1) is 11.2 Å². The largest absolute Gasteiger partial charge is 0.497 e.